The molecule has 4 nitrogen and oxygen atoms in total. The molecule has 0 saturated carbocycles. The summed E-state index contributed by atoms with van der Waals surface area (Å²) in [5.41, 5.74) is 7.88. The molecule has 1 unspecified atom stereocenters. The van der Waals surface area contributed by atoms with E-state index in [1.54, 1.807) is 14.0 Å². The Labute approximate surface area is 146 Å². The number of aliphatic hydroxyl groups excluding tert-OH is 1. The Morgan fingerprint density at radius 3 is 2.17 bits per heavy atom. The van der Waals surface area contributed by atoms with Crippen LogP contribution in [0.2, 0.25) is 0 Å². The number of amides is 1. The lowest BCUT2D eigenvalue weighted by molar-refractivity contribution is -0.126. The molecular formula is C19H35FN2O2. The zero-order chi connectivity index (χ0) is 19.0. The first kappa shape index (κ1) is 22.8. The highest BCUT2D eigenvalue weighted by Crippen LogP contribution is 2.29. The second kappa shape index (κ2) is 10.6. The molecule has 2 atom stereocenters. The summed E-state index contributed by atoms with van der Waals surface area (Å²) in [6, 6.07) is 0.0682. The number of allylic oxidation sites excluding steroid dienone is 3. The summed E-state index contributed by atoms with van der Waals surface area (Å²) in [5.74, 6) is -0.486. The van der Waals surface area contributed by atoms with Gasteiger partial charge < -0.3 is 15.7 Å². The topological polar surface area (TPSA) is 66.6 Å². The molecule has 0 heterocycles. The lowest BCUT2D eigenvalue weighted by Gasteiger charge is -2.25. The zero-order valence-electron chi connectivity index (χ0n) is 16.3. The third-order valence-electron chi connectivity index (χ3n) is 4.51. The predicted octanol–water partition coefficient (Wildman–Crippen LogP) is 3.21. The van der Waals surface area contributed by atoms with Gasteiger partial charge in [0.15, 0.2) is 0 Å². The monoisotopic (exact) mass is 342 g/mol. The van der Waals surface area contributed by atoms with E-state index in [1.807, 2.05) is 34.6 Å². The number of likely N-dealkylation sites (N-methyl/N-ethyl adjacent to an activating group) is 1. The van der Waals surface area contributed by atoms with E-state index in [2.05, 4.69) is 0 Å². The average molecular weight is 342 g/mol. The van der Waals surface area contributed by atoms with Gasteiger partial charge in [0.25, 0.3) is 5.91 Å². The third-order valence-corrected chi connectivity index (χ3v) is 4.51. The van der Waals surface area contributed by atoms with Crippen LogP contribution < -0.4 is 5.73 Å². The van der Waals surface area contributed by atoms with Crippen molar-refractivity contribution in [1.82, 2.24) is 4.90 Å². The number of carbonyl (C=O) groups excluding carboxylic acids is 1. The van der Waals surface area contributed by atoms with Gasteiger partial charge in [0, 0.05) is 25.2 Å². The Morgan fingerprint density at radius 2 is 1.79 bits per heavy atom. The average Bonchev–Trinajstić information content (AvgIpc) is 2.54. The quantitative estimate of drug-likeness (QED) is 0.499. The van der Waals surface area contributed by atoms with Crippen LogP contribution in [0.1, 0.15) is 54.4 Å². The molecule has 0 aliphatic rings. The van der Waals surface area contributed by atoms with E-state index in [1.165, 1.54) is 4.90 Å². The van der Waals surface area contributed by atoms with E-state index in [9.17, 15) is 9.90 Å². The van der Waals surface area contributed by atoms with Crippen molar-refractivity contribution < 1.29 is 14.3 Å². The molecular weight excluding hydrogens is 307 g/mol. The van der Waals surface area contributed by atoms with Gasteiger partial charge in [0.2, 0.25) is 0 Å². The number of rotatable bonds is 9. The van der Waals surface area contributed by atoms with E-state index in [-0.39, 0.29) is 23.4 Å². The van der Waals surface area contributed by atoms with Crippen molar-refractivity contribution in [3.05, 3.63) is 22.3 Å². The summed E-state index contributed by atoms with van der Waals surface area (Å²) in [6.45, 7) is 11.2. The van der Waals surface area contributed by atoms with Crippen molar-refractivity contribution in [2.24, 2.45) is 11.7 Å². The maximum absolute atomic E-state index is 15.2. The largest absolute Gasteiger partial charge is 0.391 e. The summed E-state index contributed by atoms with van der Waals surface area (Å²) < 4.78 is 15.2. The van der Waals surface area contributed by atoms with E-state index < -0.39 is 12.8 Å². The molecule has 0 aromatic heterocycles. The minimum Gasteiger partial charge on any atom is -0.391 e. The Hall–Kier alpha value is -1.20. The van der Waals surface area contributed by atoms with Crippen LogP contribution in [-0.2, 0) is 4.79 Å². The van der Waals surface area contributed by atoms with Gasteiger partial charge in [-0.25, -0.2) is 4.39 Å². The molecule has 0 rings (SSSR count). The van der Waals surface area contributed by atoms with Crippen molar-refractivity contribution in [3.8, 4) is 0 Å². The van der Waals surface area contributed by atoms with Crippen LogP contribution >= 0.6 is 0 Å². The fraction of sp³-hybridized carbons (Fsp3) is 0.737. The number of aliphatic hydroxyl groups is 1. The molecule has 0 aliphatic heterocycles. The molecule has 24 heavy (non-hydrogen) atoms. The molecule has 0 aromatic carbocycles. The smallest absolute Gasteiger partial charge is 0.251 e. The minimum absolute atomic E-state index is 0.0682. The maximum atomic E-state index is 15.2. The van der Waals surface area contributed by atoms with Gasteiger partial charge >= 0.3 is 0 Å². The lowest BCUT2D eigenvalue weighted by atomic mass is 9.87. The van der Waals surface area contributed by atoms with Crippen LogP contribution in [-0.4, -0.2) is 48.3 Å². The summed E-state index contributed by atoms with van der Waals surface area (Å²) in [4.78, 5) is 14.0. The molecule has 140 valence electrons. The standard InChI is InChI=1S/C19H35FN2O2/c1-8-22(7)19(24)16(11-23)17(12(2)3)18(20)15(6)13(4)9-10-14(5)21/h12,14,18,23H,8-11,21H2,1-7H3/b15-13+,17-16-/t14-,18?/m1/s1. The second-order valence-electron chi connectivity index (χ2n) is 6.91. The first-order valence-corrected chi connectivity index (χ1v) is 8.73. The predicted molar refractivity (Wildman–Crippen MR) is 98.4 cm³/mol. The minimum atomic E-state index is -1.37. The zero-order valence-corrected chi connectivity index (χ0v) is 16.3. The van der Waals surface area contributed by atoms with Crippen molar-refractivity contribution in [2.75, 3.05) is 20.2 Å². The first-order valence-electron chi connectivity index (χ1n) is 8.73. The number of nitrogens with two attached hydrogens (primary N) is 1. The highest BCUT2D eigenvalue weighted by atomic mass is 19.1. The van der Waals surface area contributed by atoms with Gasteiger partial charge in [0.05, 0.1) is 6.61 Å². The molecule has 3 N–H and O–H groups in total. The van der Waals surface area contributed by atoms with Gasteiger partial charge in [-0.1, -0.05) is 19.4 Å². The second-order valence-corrected chi connectivity index (χ2v) is 6.91. The van der Waals surface area contributed by atoms with Crippen LogP contribution in [0.5, 0.6) is 0 Å². The van der Waals surface area contributed by atoms with Crippen molar-refractivity contribution >= 4 is 5.91 Å². The molecule has 0 aliphatic carbocycles. The molecule has 0 saturated heterocycles. The van der Waals surface area contributed by atoms with Crippen LogP contribution in [0.3, 0.4) is 0 Å². The number of alkyl halides is 1. The highest BCUT2D eigenvalue weighted by Gasteiger charge is 2.27. The lowest BCUT2D eigenvalue weighted by Crippen LogP contribution is -2.32. The Bertz CT molecular complexity index is 482. The number of hydrogen-bond donors (Lipinski definition) is 2. The maximum Gasteiger partial charge on any atom is 0.251 e. The summed E-state index contributed by atoms with van der Waals surface area (Å²) in [7, 11) is 1.65. The van der Waals surface area contributed by atoms with Crippen molar-refractivity contribution in [2.45, 2.75) is 66.6 Å². The van der Waals surface area contributed by atoms with E-state index in [0.29, 0.717) is 17.7 Å². The summed E-state index contributed by atoms with van der Waals surface area (Å²) in [6.07, 6.45) is 0.155. The van der Waals surface area contributed by atoms with Gasteiger partial charge in [-0.3, -0.25) is 4.79 Å². The Kier molecular flexibility index (Phi) is 10.1. The number of hydrogen-bond acceptors (Lipinski definition) is 3. The normalized spacial score (nSPS) is 16.5. The van der Waals surface area contributed by atoms with E-state index in [4.69, 9.17) is 5.73 Å². The number of carbonyl (C=O) groups is 1. The molecule has 0 bridgehead atoms. The van der Waals surface area contributed by atoms with Crippen LogP contribution in [0.25, 0.3) is 0 Å². The summed E-state index contributed by atoms with van der Waals surface area (Å²) >= 11 is 0. The molecule has 0 spiro atoms. The van der Waals surface area contributed by atoms with Crippen LogP contribution in [0.15, 0.2) is 22.3 Å². The van der Waals surface area contributed by atoms with E-state index in [0.717, 1.165) is 18.4 Å². The SMILES string of the molecule is CCN(C)C(=O)/C(CO)=C(/C(C)C)C(F)/C(C)=C(\C)CC[C@@H](C)N. The Balaban J connectivity index is 5.82. The van der Waals surface area contributed by atoms with E-state index >= 15 is 4.39 Å². The molecule has 0 radical (unpaired) electrons. The molecule has 0 fully saturated rings. The molecule has 0 aromatic rings. The Morgan fingerprint density at radius 1 is 1.25 bits per heavy atom. The van der Waals surface area contributed by atoms with Gasteiger partial charge in [-0.05, 0) is 57.6 Å². The molecule has 5 heteroatoms. The fourth-order valence-corrected chi connectivity index (χ4v) is 2.54. The highest BCUT2D eigenvalue weighted by molar-refractivity contribution is 5.94. The van der Waals surface area contributed by atoms with Crippen molar-refractivity contribution in [1.29, 1.82) is 0 Å². The van der Waals surface area contributed by atoms with Gasteiger partial charge in [-0.2, -0.15) is 0 Å². The third kappa shape index (κ3) is 6.36. The van der Waals surface area contributed by atoms with Crippen LogP contribution in [0, 0.1) is 5.92 Å². The fourth-order valence-electron chi connectivity index (χ4n) is 2.54. The number of nitrogens with zero attached hydrogens (tertiary/aromatic N) is 1. The van der Waals surface area contributed by atoms with Gasteiger partial charge in [-0.15, -0.1) is 0 Å². The van der Waals surface area contributed by atoms with Crippen LogP contribution in [0.4, 0.5) is 4.39 Å². The summed E-state index contributed by atoms with van der Waals surface area (Å²) in [5, 5.41) is 9.70. The van der Waals surface area contributed by atoms with Crippen molar-refractivity contribution in [3.63, 3.8) is 0 Å². The first-order chi connectivity index (χ1) is 11.1. The number of halogens is 1. The molecule has 1 amide bonds. The van der Waals surface area contributed by atoms with Gasteiger partial charge in [0.1, 0.15) is 6.17 Å².